The molecule has 0 atom stereocenters. The molecule has 0 aliphatic carbocycles. The molecule has 0 amide bonds. The van der Waals surface area contributed by atoms with Crippen LogP contribution in [-0.4, -0.2) is 25.0 Å². The standard InChI is InChI=1S/C23H24ClN5OS/c1-5-29-20(15-6-10-17(11-7-15)23(2,3)4)26-28-22(29)31-14-19-25-27-21(30-19)16-8-12-18(24)13-9-16/h6-13H,5,14H2,1-4H3. The van der Waals surface area contributed by atoms with Crippen LogP contribution in [0, 0.1) is 0 Å². The molecule has 2 aromatic carbocycles. The van der Waals surface area contributed by atoms with Gasteiger partial charge < -0.3 is 8.98 Å². The highest BCUT2D eigenvalue weighted by atomic mass is 35.5. The van der Waals surface area contributed by atoms with Crippen LogP contribution < -0.4 is 0 Å². The maximum absolute atomic E-state index is 5.94. The lowest BCUT2D eigenvalue weighted by Gasteiger charge is -2.19. The van der Waals surface area contributed by atoms with E-state index in [1.54, 1.807) is 12.1 Å². The van der Waals surface area contributed by atoms with Crippen LogP contribution in [0.5, 0.6) is 0 Å². The minimum absolute atomic E-state index is 0.118. The summed E-state index contributed by atoms with van der Waals surface area (Å²) < 4.78 is 7.90. The second-order valence-corrected chi connectivity index (χ2v) is 9.55. The van der Waals surface area contributed by atoms with Crippen molar-refractivity contribution in [1.29, 1.82) is 0 Å². The van der Waals surface area contributed by atoms with Gasteiger partial charge in [0.1, 0.15) is 0 Å². The van der Waals surface area contributed by atoms with Crippen molar-refractivity contribution in [2.75, 3.05) is 0 Å². The predicted molar refractivity (Wildman–Crippen MR) is 124 cm³/mol. The number of aromatic nitrogens is 5. The fourth-order valence-electron chi connectivity index (χ4n) is 3.16. The van der Waals surface area contributed by atoms with Crippen molar-refractivity contribution in [3.05, 3.63) is 65.0 Å². The SMILES string of the molecule is CCn1c(SCc2nnc(-c3ccc(Cl)cc3)o2)nnc1-c1ccc(C(C)(C)C)cc1. The number of rotatable bonds is 6. The quantitative estimate of drug-likeness (QED) is 0.321. The van der Waals surface area contributed by atoms with E-state index in [1.807, 2.05) is 12.1 Å². The number of thioether (sulfide) groups is 1. The molecule has 0 bridgehead atoms. The Labute approximate surface area is 191 Å². The van der Waals surface area contributed by atoms with Gasteiger partial charge in [0.2, 0.25) is 11.8 Å². The van der Waals surface area contributed by atoms with Gasteiger partial charge in [0.15, 0.2) is 11.0 Å². The van der Waals surface area contributed by atoms with Gasteiger partial charge >= 0.3 is 0 Å². The summed E-state index contributed by atoms with van der Waals surface area (Å²) in [5.74, 6) is 2.39. The van der Waals surface area contributed by atoms with Gasteiger partial charge in [0.05, 0.1) is 5.75 Å². The molecular formula is C23H24ClN5OS. The van der Waals surface area contributed by atoms with Crippen LogP contribution in [0.1, 0.15) is 39.1 Å². The maximum atomic E-state index is 5.94. The number of hydrogen-bond donors (Lipinski definition) is 0. The van der Waals surface area contributed by atoms with Crippen LogP contribution >= 0.6 is 23.4 Å². The minimum atomic E-state index is 0.118. The topological polar surface area (TPSA) is 69.6 Å². The molecule has 0 fully saturated rings. The van der Waals surface area contributed by atoms with Crippen LogP contribution in [-0.2, 0) is 17.7 Å². The summed E-state index contributed by atoms with van der Waals surface area (Å²) in [6.07, 6.45) is 0. The van der Waals surface area contributed by atoms with E-state index >= 15 is 0 Å². The molecule has 8 heteroatoms. The van der Waals surface area contributed by atoms with E-state index in [-0.39, 0.29) is 5.41 Å². The molecule has 0 unspecified atom stereocenters. The first-order valence-electron chi connectivity index (χ1n) is 10.1. The number of benzene rings is 2. The smallest absolute Gasteiger partial charge is 0.247 e. The molecule has 4 aromatic rings. The van der Waals surface area contributed by atoms with Gasteiger partial charge in [0, 0.05) is 22.7 Å². The van der Waals surface area contributed by atoms with E-state index in [1.165, 1.54) is 17.3 Å². The summed E-state index contributed by atoms with van der Waals surface area (Å²) in [6.45, 7) is 9.49. The third-order valence-corrected chi connectivity index (χ3v) is 6.13. The van der Waals surface area contributed by atoms with Crippen molar-refractivity contribution in [3.63, 3.8) is 0 Å². The van der Waals surface area contributed by atoms with Crippen molar-refractivity contribution in [3.8, 4) is 22.8 Å². The fraction of sp³-hybridized carbons (Fsp3) is 0.304. The highest BCUT2D eigenvalue weighted by Gasteiger charge is 2.17. The molecule has 0 N–H and O–H groups in total. The molecule has 0 aliphatic heterocycles. The normalized spacial score (nSPS) is 11.8. The molecule has 2 aromatic heterocycles. The predicted octanol–water partition coefficient (Wildman–Crippen LogP) is 6.26. The molecule has 6 nitrogen and oxygen atoms in total. The van der Waals surface area contributed by atoms with E-state index in [2.05, 4.69) is 76.9 Å². The van der Waals surface area contributed by atoms with Crippen LogP contribution in [0.3, 0.4) is 0 Å². The van der Waals surface area contributed by atoms with Crippen molar-refractivity contribution in [2.45, 2.75) is 50.6 Å². The average molecular weight is 454 g/mol. The molecule has 31 heavy (non-hydrogen) atoms. The maximum Gasteiger partial charge on any atom is 0.247 e. The lowest BCUT2D eigenvalue weighted by atomic mass is 9.87. The van der Waals surface area contributed by atoms with Crippen LogP contribution in [0.15, 0.2) is 58.1 Å². The van der Waals surface area contributed by atoms with Gasteiger partial charge in [-0.25, -0.2) is 0 Å². The van der Waals surface area contributed by atoms with E-state index in [0.29, 0.717) is 22.6 Å². The molecule has 0 radical (unpaired) electrons. The van der Waals surface area contributed by atoms with Gasteiger partial charge in [-0.15, -0.1) is 20.4 Å². The second-order valence-electron chi connectivity index (χ2n) is 8.17. The Morgan fingerprint density at radius 1 is 0.903 bits per heavy atom. The Balaban J connectivity index is 1.49. The zero-order valence-corrected chi connectivity index (χ0v) is 19.5. The van der Waals surface area contributed by atoms with Crippen LogP contribution in [0.2, 0.25) is 5.02 Å². The van der Waals surface area contributed by atoms with E-state index in [9.17, 15) is 0 Å². The summed E-state index contributed by atoms with van der Waals surface area (Å²) in [5, 5.41) is 18.6. The summed E-state index contributed by atoms with van der Waals surface area (Å²) in [5.41, 5.74) is 3.30. The van der Waals surface area contributed by atoms with E-state index in [0.717, 1.165) is 28.7 Å². The third-order valence-electron chi connectivity index (χ3n) is 4.92. The van der Waals surface area contributed by atoms with Gasteiger partial charge in [-0.3, -0.25) is 0 Å². The summed E-state index contributed by atoms with van der Waals surface area (Å²) in [6, 6.07) is 15.9. The lowest BCUT2D eigenvalue weighted by Crippen LogP contribution is -2.10. The molecule has 4 rings (SSSR count). The van der Waals surface area contributed by atoms with Gasteiger partial charge in [0.25, 0.3) is 0 Å². The fourth-order valence-corrected chi connectivity index (χ4v) is 4.13. The molecule has 0 saturated heterocycles. The molecular weight excluding hydrogens is 430 g/mol. The van der Waals surface area contributed by atoms with Gasteiger partial charge in [-0.2, -0.15) is 0 Å². The largest absolute Gasteiger partial charge is 0.420 e. The average Bonchev–Trinajstić information content (AvgIpc) is 3.39. The van der Waals surface area contributed by atoms with Gasteiger partial charge in [-0.05, 0) is 42.2 Å². The van der Waals surface area contributed by atoms with Crippen molar-refractivity contribution in [2.24, 2.45) is 0 Å². The highest BCUT2D eigenvalue weighted by Crippen LogP contribution is 2.29. The Morgan fingerprint density at radius 2 is 1.58 bits per heavy atom. The number of halogens is 1. The Hall–Kier alpha value is -2.64. The summed E-state index contributed by atoms with van der Waals surface area (Å²) in [4.78, 5) is 0. The first-order valence-corrected chi connectivity index (χ1v) is 11.5. The first kappa shape index (κ1) is 21.6. The summed E-state index contributed by atoms with van der Waals surface area (Å²) in [7, 11) is 0. The first-order chi connectivity index (χ1) is 14.8. The zero-order chi connectivity index (χ0) is 22.0. The highest BCUT2D eigenvalue weighted by molar-refractivity contribution is 7.98. The lowest BCUT2D eigenvalue weighted by molar-refractivity contribution is 0.528. The molecule has 0 spiro atoms. The Bertz CT molecular complexity index is 1160. The molecule has 0 saturated carbocycles. The summed E-state index contributed by atoms with van der Waals surface area (Å²) >= 11 is 7.47. The van der Waals surface area contributed by atoms with Crippen molar-refractivity contribution >= 4 is 23.4 Å². The number of nitrogens with zero attached hydrogens (tertiary/aromatic N) is 5. The van der Waals surface area contributed by atoms with Crippen molar-refractivity contribution in [1.82, 2.24) is 25.0 Å². The third kappa shape index (κ3) is 4.83. The zero-order valence-electron chi connectivity index (χ0n) is 18.0. The van der Waals surface area contributed by atoms with Crippen LogP contribution in [0.4, 0.5) is 0 Å². The second kappa shape index (κ2) is 8.85. The Kier molecular flexibility index (Phi) is 6.16. The van der Waals surface area contributed by atoms with Crippen LogP contribution in [0.25, 0.3) is 22.8 Å². The molecule has 160 valence electrons. The minimum Gasteiger partial charge on any atom is -0.420 e. The molecule has 0 aliphatic rings. The van der Waals surface area contributed by atoms with E-state index < -0.39 is 0 Å². The van der Waals surface area contributed by atoms with Gasteiger partial charge in [-0.1, -0.05) is 68.4 Å². The van der Waals surface area contributed by atoms with E-state index in [4.69, 9.17) is 16.0 Å². The number of hydrogen-bond acceptors (Lipinski definition) is 6. The molecule has 2 heterocycles. The van der Waals surface area contributed by atoms with Crippen molar-refractivity contribution < 1.29 is 4.42 Å². The monoisotopic (exact) mass is 453 g/mol. The Morgan fingerprint density at radius 3 is 2.23 bits per heavy atom.